The summed E-state index contributed by atoms with van der Waals surface area (Å²) in [5.41, 5.74) is 29.2. The molecule has 0 amide bonds. The van der Waals surface area contributed by atoms with Crippen LogP contribution in [0.1, 0.15) is 101 Å². The predicted octanol–water partition coefficient (Wildman–Crippen LogP) is 18.4. The summed E-state index contributed by atoms with van der Waals surface area (Å²) < 4.78 is 0. The van der Waals surface area contributed by atoms with Gasteiger partial charge in [0.15, 0.2) is 0 Å². The molecule has 0 saturated heterocycles. The van der Waals surface area contributed by atoms with Crippen molar-refractivity contribution in [1.82, 2.24) is 34.9 Å². The Labute approximate surface area is 463 Å². The van der Waals surface area contributed by atoms with Crippen LogP contribution in [-0.4, -0.2) is 34.9 Å². The summed E-state index contributed by atoms with van der Waals surface area (Å²) in [4.78, 5) is 31.7. The van der Waals surface area contributed by atoms with E-state index in [1.165, 1.54) is 88.1 Å². The minimum atomic E-state index is 0.989. The Bertz CT molecular complexity index is 3790. The first-order valence-electron chi connectivity index (χ1n) is 27.0. The van der Waals surface area contributed by atoms with Crippen molar-refractivity contribution in [3.05, 3.63) is 241 Å². The van der Waals surface area contributed by atoms with Crippen molar-refractivity contribution in [3.8, 4) is 0 Å². The minimum absolute atomic E-state index is 0.989. The van der Waals surface area contributed by atoms with Gasteiger partial charge in [-0.2, -0.15) is 0 Å². The zero-order valence-corrected chi connectivity index (χ0v) is 49.4. The zero-order valence-electron chi connectivity index (χ0n) is 49.4. The van der Waals surface area contributed by atoms with Crippen molar-refractivity contribution >= 4 is 65.5 Å². The molecule has 7 heteroatoms. The predicted molar refractivity (Wildman–Crippen MR) is 334 cm³/mol. The van der Waals surface area contributed by atoms with E-state index in [1.54, 1.807) is 0 Å². The van der Waals surface area contributed by atoms with Crippen molar-refractivity contribution in [2.45, 2.75) is 125 Å². The molecule has 396 valence electrons. The maximum Gasteiger partial charge on any atom is 0.0919 e. The third-order valence-corrected chi connectivity index (χ3v) is 14.9. The Morgan fingerprint density at radius 3 is 1.36 bits per heavy atom. The summed E-state index contributed by atoms with van der Waals surface area (Å²) in [7, 11) is 0. The van der Waals surface area contributed by atoms with E-state index in [4.69, 9.17) is 0 Å². The van der Waals surface area contributed by atoms with Gasteiger partial charge in [-0.1, -0.05) is 84.4 Å². The lowest BCUT2D eigenvalue weighted by Crippen LogP contribution is -1.94. The number of hydrogen-bond donors (Lipinski definition) is 0. The van der Waals surface area contributed by atoms with Gasteiger partial charge in [-0.25, -0.2) is 9.97 Å². The number of hydrogen-bond acceptors (Lipinski definition) is 7. The van der Waals surface area contributed by atoms with Gasteiger partial charge < -0.3 is 0 Å². The Morgan fingerprint density at radius 1 is 0.218 bits per heavy atom. The fourth-order valence-electron chi connectivity index (χ4n) is 9.08. The Balaban J connectivity index is 0.000000136. The molecule has 12 rings (SSSR count). The van der Waals surface area contributed by atoms with Crippen LogP contribution in [0.3, 0.4) is 0 Å². The van der Waals surface area contributed by atoms with Crippen molar-refractivity contribution in [1.29, 1.82) is 0 Å². The highest BCUT2D eigenvalue weighted by Gasteiger charge is 2.06. The summed E-state index contributed by atoms with van der Waals surface area (Å²) in [6.07, 6.45) is 0. The standard InChI is InChI=1S/5C12H13N.C11H12N2/c1-8-4-5-12-11(6-8)7-9(2)10(3)13-12;1-8-4-5-11-7-9(2)10(3)13-12(11)6-8;1-8-5-4-6-12-11(8)7-9(2)10(3)13-12;1-8-5-4-6-11-7-9(2)10(3)13-12(8)11;1-8-9(2)11-6-4-5-7-12(11)13-10(8)3;1-7-5-4-6-10-11(7)13-9(3)8(2)12-10/h5*4-7H,1-3H3;4-6H,1-3H3. The number of aryl methyl sites for hydroxylation is 17. The van der Waals surface area contributed by atoms with Gasteiger partial charge >= 0.3 is 0 Å². The largest absolute Gasteiger partial charge is 0.253 e. The van der Waals surface area contributed by atoms with Gasteiger partial charge in [0.05, 0.1) is 50.0 Å². The molecule has 0 saturated carbocycles. The van der Waals surface area contributed by atoms with Crippen LogP contribution < -0.4 is 0 Å². The van der Waals surface area contributed by atoms with Crippen LogP contribution >= 0.6 is 0 Å². The fourth-order valence-corrected chi connectivity index (χ4v) is 9.08. The second-order valence-corrected chi connectivity index (χ2v) is 21.0. The molecule has 0 radical (unpaired) electrons. The number of pyridine rings is 5. The Hall–Kier alpha value is -8.29. The molecule has 0 fully saturated rings. The van der Waals surface area contributed by atoms with Crippen LogP contribution in [0, 0.1) is 125 Å². The molecule has 6 aromatic carbocycles. The smallest absolute Gasteiger partial charge is 0.0919 e. The number of nitrogens with zero attached hydrogens (tertiary/aromatic N) is 7. The van der Waals surface area contributed by atoms with Gasteiger partial charge in [-0.3, -0.25) is 24.9 Å². The molecule has 0 atom stereocenters. The second kappa shape index (κ2) is 25.2. The maximum absolute atomic E-state index is 4.57. The molecule has 6 heterocycles. The second-order valence-electron chi connectivity index (χ2n) is 21.0. The number of aromatic nitrogens is 7. The molecular weight excluding hydrogens is 951 g/mol. The summed E-state index contributed by atoms with van der Waals surface area (Å²) in [6, 6.07) is 48.4. The molecule has 0 bridgehead atoms. The number of fused-ring (bicyclic) bond motifs is 6. The molecular formula is C71H77N7. The van der Waals surface area contributed by atoms with E-state index in [1.807, 2.05) is 32.0 Å². The Morgan fingerprint density at radius 2 is 0.667 bits per heavy atom. The lowest BCUT2D eigenvalue weighted by Gasteiger charge is -2.07. The van der Waals surface area contributed by atoms with Gasteiger partial charge in [0.25, 0.3) is 0 Å². The average Bonchev–Trinajstić information content (AvgIpc) is 3.41. The van der Waals surface area contributed by atoms with Crippen molar-refractivity contribution < 1.29 is 0 Å². The van der Waals surface area contributed by atoms with Gasteiger partial charge in [-0.05, 0) is 241 Å². The van der Waals surface area contributed by atoms with E-state index >= 15 is 0 Å². The van der Waals surface area contributed by atoms with E-state index in [0.717, 1.165) is 78.5 Å². The first kappa shape index (κ1) is 57.4. The SMILES string of the molecule is Cc1cc2c(C)cccc2nc1C.Cc1cc2cccc(C)c2nc1C.Cc1ccc2cc(C)c(C)nc2c1.Cc1ccc2nc(C)c(C)cc2c1.Cc1nc2cccc(C)c2nc1C.Cc1nc2ccccc2c(C)c1C. The maximum atomic E-state index is 4.57. The number of benzene rings is 6. The van der Waals surface area contributed by atoms with Crippen LogP contribution in [0.15, 0.2) is 140 Å². The van der Waals surface area contributed by atoms with Crippen molar-refractivity contribution in [3.63, 3.8) is 0 Å². The van der Waals surface area contributed by atoms with E-state index in [2.05, 4.69) is 267 Å². The quantitative estimate of drug-likeness (QED) is 0.149. The van der Waals surface area contributed by atoms with Crippen LogP contribution in [0.5, 0.6) is 0 Å². The van der Waals surface area contributed by atoms with E-state index in [9.17, 15) is 0 Å². The summed E-state index contributed by atoms with van der Waals surface area (Å²) in [5.74, 6) is 0. The molecule has 0 aliphatic carbocycles. The molecule has 7 nitrogen and oxygen atoms in total. The van der Waals surface area contributed by atoms with Gasteiger partial charge in [0.1, 0.15) is 0 Å². The normalized spacial score (nSPS) is 10.7. The van der Waals surface area contributed by atoms with Gasteiger partial charge in [-0.15, -0.1) is 0 Å². The van der Waals surface area contributed by atoms with Crippen LogP contribution in [0.25, 0.3) is 65.5 Å². The molecule has 6 aromatic heterocycles. The topological polar surface area (TPSA) is 90.2 Å². The Kier molecular flexibility index (Phi) is 18.6. The first-order valence-corrected chi connectivity index (χ1v) is 27.0. The van der Waals surface area contributed by atoms with Crippen LogP contribution in [0.4, 0.5) is 0 Å². The number of para-hydroxylation sites is 3. The molecule has 0 N–H and O–H groups in total. The van der Waals surface area contributed by atoms with Crippen molar-refractivity contribution in [2.24, 2.45) is 0 Å². The number of rotatable bonds is 0. The monoisotopic (exact) mass is 1030 g/mol. The van der Waals surface area contributed by atoms with Crippen LogP contribution in [0.2, 0.25) is 0 Å². The molecule has 0 unspecified atom stereocenters. The van der Waals surface area contributed by atoms with Gasteiger partial charge in [0.2, 0.25) is 0 Å². The fraction of sp³-hybridized carbons (Fsp3) is 0.254. The lowest BCUT2D eigenvalue weighted by molar-refractivity contribution is 1.10. The average molecular weight is 1030 g/mol. The summed E-state index contributed by atoms with van der Waals surface area (Å²) >= 11 is 0. The molecule has 0 aliphatic heterocycles. The van der Waals surface area contributed by atoms with E-state index in [-0.39, 0.29) is 0 Å². The molecule has 78 heavy (non-hydrogen) atoms. The highest BCUT2D eigenvalue weighted by atomic mass is 14.8. The van der Waals surface area contributed by atoms with Crippen LogP contribution in [-0.2, 0) is 0 Å². The summed E-state index contributed by atoms with van der Waals surface area (Å²) in [5, 5.41) is 6.25. The highest BCUT2D eigenvalue weighted by Crippen LogP contribution is 2.24. The third kappa shape index (κ3) is 14.0. The van der Waals surface area contributed by atoms with Gasteiger partial charge in [0, 0.05) is 55.4 Å². The minimum Gasteiger partial charge on any atom is -0.253 e. The van der Waals surface area contributed by atoms with E-state index in [0.29, 0.717) is 0 Å². The highest BCUT2D eigenvalue weighted by molar-refractivity contribution is 5.85. The first-order chi connectivity index (χ1) is 37.1. The molecule has 0 aliphatic rings. The van der Waals surface area contributed by atoms with Crippen molar-refractivity contribution in [2.75, 3.05) is 0 Å². The lowest BCUT2D eigenvalue weighted by atomic mass is 10.0. The summed E-state index contributed by atoms with van der Waals surface area (Å²) in [6.45, 7) is 37.4. The molecule has 12 aromatic rings. The third-order valence-electron chi connectivity index (χ3n) is 14.9. The molecule has 0 spiro atoms. The van der Waals surface area contributed by atoms with E-state index < -0.39 is 0 Å². The zero-order chi connectivity index (χ0) is 56.5.